The molecule has 1 unspecified atom stereocenters. The number of quaternary nitrogens is 1. The minimum atomic E-state index is 0.537. The van der Waals surface area contributed by atoms with Crippen molar-refractivity contribution in [2.24, 2.45) is 0 Å². The van der Waals surface area contributed by atoms with E-state index in [0.717, 1.165) is 29.4 Å². The third-order valence-corrected chi connectivity index (χ3v) is 6.73. The van der Waals surface area contributed by atoms with E-state index in [1.807, 2.05) is 50.9 Å². The Bertz CT molecular complexity index is 973. The highest BCUT2D eigenvalue weighted by atomic mass is 35.5. The first-order valence-electron chi connectivity index (χ1n) is 9.10. The van der Waals surface area contributed by atoms with Gasteiger partial charge in [-0.1, -0.05) is 23.7 Å². The Hall–Kier alpha value is -1.73. The molecule has 0 saturated carbocycles. The number of rotatable bonds is 6. The van der Waals surface area contributed by atoms with E-state index in [2.05, 4.69) is 24.1 Å². The molecule has 140 valence electrons. The van der Waals surface area contributed by atoms with E-state index in [-0.39, 0.29) is 0 Å². The van der Waals surface area contributed by atoms with E-state index < -0.39 is 0 Å². The minimum absolute atomic E-state index is 0.537. The van der Waals surface area contributed by atoms with Gasteiger partial charge < -0.3 is 4.90 Å². The van der Waals surface area contributed by atoms with Crippen LogP contribution in [-0.2, 0) is 13.2 Å². The Morgan fingerprint density at radius 1 is 1.33 bits per heavy atom. The number of nitrogens with zero attached hydrogens (tertiary/aromatic N) is 3. The maximum absolute atomic E-state index is 6.04. The Morgan fingerprint density at radius 2 is 2.15 bits per heavy atom. The summed E-state index contributed by atoms with van der Waals surface area (Å²) < 4.78 is 4.76. The maximum atomic E-state index is 6.04. The van der Waals surface area contributed by atoms with Crippen molar-refractivity contribution in [2.75, 3.05) is 6.54 Å². The minimum Gasteiger partial charge on any atom is -0.309 e. The molecule has 0 bridgehead atoms. The molecule has 3 aromatic rings. The third kappa shape index (κ3) is 3.80. The standard InChI is InChI=1S/C20H21ClN4S2/c1-2-11-24-19(15-7-9-16(21)10-8-15)22-25(20(24)26)14-23-12-3-5-17(23)18-6-4-13-27-18/h2,4,6-10,13,17H,1,3,5,11-12,14H2/p+1/t17-/m0/s1. The molecule has 0 aliphatic carbocycles. The van der Waals surface area contributed by atoms with Crippen LogP contribution in [0.25, 0.3) is 11.4 Å². The summed E-state index contributed by atoms with van der Waals surface area (Å²) in [6, 6.07) is 12.7. The number of hydrogen-bond acceptors (Lipinski definition) is 3. The highest BCUT2D eigenvalue weighted by Crippen LogP contribution is 2.24. The lowest BCUT2D eigenvalue weighted by Gasteiger charge is -2.20. The van der Waals surface area contributed by atoms with E-state index in [1.54, 1.807) is 0 Å². The molecular weight excluding hydrogens is 396 g/mol. The second-order valence-corrected chi connectivity index (χ2v) is 8.57. The molecule has 27 heavy (non-hydrogen) atoms. The van der Waals surface area contributed by atoms with E-state index in [9.17, 15) is 0 Å². The number of likely N-dealkylation sites (tertiary alicyclic amines) is 1. The van der Waals surface area contributed by atoms with Crippen molar-refractivity contribution in [3.63, 3.8) is 0 Å². The molecule has 1 fully saturated rings. The average molecular weight is 418 g/mol. The van der Waals surface area contributed by atoms with Crippen molar-refractivity contribution < 1.29 is 4.90 Å². The van der Waals surface area contributed by atoms with Gasteiger partial charge >= 0.3 is 0 Å². The first-order chi connectivity index (χ1) is 13.2. The summed E-state index contributed by atoms with van der Waals surface area (Å²) in [4.78, 5) is 2.98. The van der Waals surface area contributed by atoms with Gasteiger partial charge in [0.15, 0.2) is 12.5 Å². The van der Waals surface area contributed by atoms with Gasteiger partial charge in [-0.3, -0.25) is 4.57 Å². The van der Waals surface area contributed by atoms with Crippen LogP contribution in [0, 0.1) is 4.77 Å². The summed E-state index contributed by atoms with van der Waals surface area (Å²) in [7, 11) is 0. The van der Waals surface area contributed by atoms with Gasteiger partial charge in [-0.15, -0.1) is 23.0 Å². The van der Waals surface area contributed by atoms with Gasteiger partial charge in [-0.25, -0.2) is 0 Å². The van der Waals surface area contributed by atoms with Crippen molar-refractivity contribution in [2.45, 2.75) is 32.1 Å². The highest BCUT2D eigenvalue weighted by Gasteiger charge is 2.31. The zero-order chi connectivity index (χ0) is 18.8. The molecule has 1 aromatic carbocycles. The normalized spacial score (nSPS) is 19.4. The maximum Gasteiger partial charge on any atom is 0.203 e. The fourth-order valence-electron chi connectivity index (χ4n) is 3.78. The van der Waals surface area contributed by atoms with E-state index in [0.29, 0.717) is 17.6 Å². The largest absolute Gasteiger partial charge is 0.309 e. The number of allylic oxidation sites excluding steroid dienone is 1. The summed E-state index contributed by atoms with van der Waals surface area (Å²) >= 11 is 13.6. The van der Waals surface area contributed by atoms with Gasteiger partial charge in [0.2, 0.25) is 4.77 Å². The molecule has 0 radical (unpaired) electrons. The SMILES string of the molecule is C=CCn1c(-c2ccc(Cl)cc2)nn(C[NH+]2CCC[C@H]2c2cccs2)c1=S. The fourth-order valence-corrected chi connectivity index (χ4v) is 5.09. The molecule has 1 saturated heterocycles. The highest BCUT2D eigenvalue weighted by molar-refractivity contribution is 7.71. The molecule has 4 rings (SSSR count). The van der Waals surface area contributed by atoms with Crippen LogP contribution in [0.5, 0.6) is 0 Å². The zero-order valence-corrected chi connectivity index (χ0v) is 17.4. The van der Waals surface area contributed by atoms with Gasteiger partial charge in [0.25, 0.3) is 0 Å². The lowest BCUT2D eigenvalue weighted by Crippen LogP contribution is -3.09. The average Bonchev–Trinajstić information content (AvgIpc) is 3.40. The fraction of sp³-hybridized carbons (Fsp3) is 0.300. The second kappa shape index (κ2) is 8.10. The molecule has 1 aliphatic heterocycles. The number of thiophene rings is 1. The molecule has 7 heteroatoms. The Kier molecular flexibility index (Phi) is 5.59. The van der Waals surface area contributed by atoms with Gasteiger partial charge in [0, 0.05) is 30.0 Å². The topological polar surface area (TPSA) is 27.2 Å². The van der Waals surface area contributed by atoms with Crippen LogP contribution in [0.15, 0.2) is 54.4 Å². The van der Waals surface area contributed by atoms with Crippen LogP contribution in [0.3, 0.4) is 0 Å². The number of nitrogens with one attached hydrogen (secondary N) is 1. The molecule has 1 aliphatic rings. The van der Waals surface area contributed by atoms with E-state index in [1.165, 1.54) is 22.6 Å². The van der Waals surface area contributed by atoms with Crippen molar-refractivity contribution >= 4 is 35.2 Å². The lowest BCUT2D eigenvalue weighted by molar-refractivity contribution is -0.941. The molecule has 1 N–H and O–H groups in total. The van der Waals surface area contributed by atoms with Gasteiger partial charge in [-0.2, -0.15) is 4.68 Å². The van der Waals surface area contributed by atoms with Crippen molar-refractivity contribution in [3.8, 4) is 11.4 Å². The first-order valence-corrected chi connectivity index (χ1v) is 10.8. The first kappa shape index (κ1) is 18.6. The molecule has 3 heterocycles. The van der Waals surface area contributed by atoms with Crippen molar-refractivity contribution in [1.82, 2.24) is 14.3 Å². The summed E-state index contributed by atoms with van der Waals surface area (Å²) in [6.07, 6.45) is 4.32. The summed E-state index contributed by atoms with van der Waals surface area (Å²) in [5.41, 5.74) is 1.01. The van der Waals surface area contributed by atoms with E-state index >= 15 is 0 Å². The molecule has 2 aromatic heterocycles. The third-order valence-electron chi connectivity index (χ3n) is 5.06. The zero-order valence-electron chi connectivity index (χ0n) is 15.0. The van der Waals surface area contributed by atoms with Crippen molar-refractivity contribution in [1.29, 1.82) is 0 Å². The van der Waals surface area contributed by atoms with Crippen molar-refractivity contribution in [3.05, 3.63) is 69.1 Å². The monoisotopic (exact) mass is 417 g/mol. The van der Waals surface area contributed by atoms with Gasteiger partial charge in [0.1, 0.15) is 6.04 Å². The summed E-state index contributed by atoms with van der Waals surface area (Å²) in [6.45, 7) is 6.45. The van der Waals surface area contributed by atoms with Crippen LogP contribution >= 0.6 is 35.2 Å². The predicted molar refractivity (Wildman–Crippen MR) is 114 cm³/mol. The van der Waals surface area contributed by atoms with Gasteiger partial charge in [0.05, 0.1) is 11.4 Å². The van der Waals surface area contributed by atoms with Crippen LogP contribution < -0.4 is 4.90 Å². The summed E-state index contributed by atoms with van der Waals surface area (Å²) in [5, 5.41) is 7.75. The van der Waals surface area contributed by atoms with E-state index in [4.69, 9.17) is 28.9 Å². The number of aromatic nitrogens is 3. The van der Waals surface area contributed by atoms with Crippen LogP contribution in [0.1, 0.15) is 23.8 Å². The summed E-state index contributed by atoms with van der Waals surface area (Å²) in [5.74, 6) is 0.864. The molecule has 0 amide bonds. The molecule has 4 nitrogen and oxygen atoms in total. The second-order valence-electron chi connectivity index (χ2n) is 6.79. The predicted octanol–water partition coefficient (Wildman–Crippen LogP) is 4.36. The van der Waals surface area contributed by atoms with Crippen LogP contribution in [0.2, 0.25) is 5.02 Å². The lowest BCUT2D eigenvalue weighted by atomic mass is 10.2. The molecular formula is C20H22ClN4S2+. The number of benzene rings is 1. The Balaban J connectivity index is 1.67. The Morgan fingerprint density at radius 3 is 2.85 bits per heavy atom. The quantitative estimate of drug-likeness (QED) is 0.476. The molecule has 0 spiro atoms. The number of halogens is 1. The smallest absolute Gasteiger partial charge is 0.203 e. The Labute approximate surface area is 173 Å². The van der Waals surface area contributed by atoms with Gasteiger partial charge in [-0.05, 0) is 47.9 Å². The van der Waals surface area contributed by atoms with Crippen LogP contribution in [-0.4, -0.2) is 20.9 Å². The van der Waals surface area contributed by atoms with Crippen LogP contribution in [0.4, 0.5) is 0 Å². The number of hydrogen-bond donors (Lipinski definition) is 1. The molecule has 2 atom stereocenters.